The van der Waals surface area contributed by atoms with Gasteiger partial charge < -0.3 is 11.1 Å². The molecule has 3 aromatic rings. The molecule has 5 N–H and O–H groups in total. The second-order valence-corrected chi connectivity index (χ2v) is 10.5. The molecule has 2 amide bonds. The summed E-state index contributed by atoms with van der Waals surface area (Å²) in [5, 5.41) is 19.9. The molecule has 4 rings (SSSR count). The molecule has 1 aromatic heterocycles. The first kappa shape index (κ1) is 27.9. The van der Waals surface area contributed by atoms with E-state index in [1.807, 2.05) is 63.2 Å². The maximum atomic E-state index is 13.5. The molecule has 0 radical (unpaired) electrons. The van der Waals surface area contributed by atoms with Crippen LogP contribution in [0.5, 0.6) is 0 Å². The number of aromatic nitrogens is 4. The highest BCUT2D eigenvalue weighted by Crippen LogP contribution is 2.28. The third-order valence-electron chi connectivity index (χ3n) is 7.43. The number of nitrogens with two attached hydrogens (primary N) is 1. The van der Waals surface area contributed by atoms with Crippen molar-refractivity contribution >= 4 is 17.8 Å². The Morgan fingerprint density at radius 3 is 2.62 bits per heavy atom. The van der Waals surface area contributed by atoms with Crippen molar-refractivity contribution in [2.75, 3.05) is 0 Å². The van der Waals surface area contributed by atoms with E-state index in [4.69, 9.17) is 5.73 Å². The Labute approximate surface area is 229 Å². The first-order chi connectivity index (χ1) is 18.8. The smallest absolute Gasteiger partial charge is 0.245 e. The number of tetrazole rings is 1. The number of aryl methyl sites for hydroxylation is 2. The first-order valence-electron chi connectivity index (χ1n) is 13.6. The number of rotatable bonds is 9. The van der Waals surface area contributed by atoms with Crippen LogP contribution in [0, 0.1) is 19.8 Å². The van der Waals surface area contributed by atoms with Crippen LogP contribution in [-0.4, -0.2) is 44.4 Å². The van der Waals surface area contributed by atoms with Crippen LogP contribution in [0.25, 0.3) is 11.4 Å². The van der Waals surface area contributed by atoms with E-state index in [-0.39, 0.29) is 30.2 Å². The summed E-state index contributed by atoms with van der Waals surface area (Å²) in [6.45, 7) is 5.97. The minimum Gasteiger partial charge on any atom is -0.370 e. The summed E-state index contributed by atoms with van der Waals surface area (Å²) in [7, 11) is 0. The molecule has 0 saturated heterocycles. The molecule has 0 bridgehead atoms. The molecular formula is C29H38N8O2. The summed E-state index contributed by atoms with van der Waals surface area (Å²) < 4.78 is 0. The molecule has 2 aromatic carbocycles. The summed E-state index contributed by atoms with van der Waals surface area (Å²) in [5.74, 6) is 0.368. The van der Waals surface area contributed by atoms with Crippen LogP contribution in [0.1, 0.15) is 73.7 Å². The Hall–Kier alpha value is -4.08. The number of aromatic amines is 1. The maximum Gasteiger partial charge on any atom is 0.245 e. The van der Waals surface area contributed by atoms with E-state index in [1.165, 1.54) is 12.0 Å². The lowest BCUT2D eigenvalue weighted by atomic mass is 9.84. The quantitative estimate of drug-likeness (QED) is 0.245. The second-order valence-electron chi connectivity index (χ2n) is 10.5. The number of aliphatic imine (C=N–C) groups is 1. The highest BCUT2D eigenvalue weighted by molar-refractivity contribution is 5.98. The van der Waals surface area contributed by atoms with Crippen molar-refractivity contribution in [3.63, 3.8) is 0 Å². The van der Waals surface area contributed by atoms with Gasteiger partial charge in [-0.1, -0.05) is 68.5 Å². The predicted molar refractivity (Wildman–Crippen MR) is 151 cm³/mol. The number of carbonyl (C=O) groups excluding carboxylic acids is 2. The van der Waals surface area contributed by atoms with E-state index < -0.39 is 6.04 Å². The van der Waals surface area contributed by atoms with E-state index in [2.05, 4.69) is 36.3 Å². The van der Waals surface area contributed by atoms with Crippen LogP contribution in [-0.2, 0) is 16.0 Å². The van der Waals surface area contributed by atoms with Crippen molar-refractivity contribution in [2.24, 2.45) is 16.6 Å². The zero-order valence-electron chi connectivity index (χ0n) is 22.9. The van der Waals surface area contributed by atoms with Crippen LogP contribution in [0.15, 0.2) is 47.5 Å². The summed E-state index contributed by atoms with van der Waals surface area (Å²) in [6, 6.07) is 12.6. The lowest BCUT2D eigenvalue weighted by molar-refractivity contribution is -0.123. The van der Waals surface area contributed by atoms with E-state index in [1.54, 1.807) is 0 Å². The highest BCUT2D eigenvalue weighted by atomic mass is 16.2. The van der Waals surface area contributed by atoms with Gasteiger partial charge in [0.05, 0.1) is 12.5 Å². The van der Waals surface area contributed by atoms with Crippen molar-refractivity contribution in [1.29, 1.82) is 0 Å². The molecule has 1 heterocycles. The lowest BCUT2D eigenvalue weighted by Gasteiger charge is -2.25. The minimum absolute atomic E-state index is 0.0356. The Morgan fingerprint density at radius 2 is 1.90 bits per heavy atom. The number of amides is 2. The lowest BCUT2D eigenvalue weighted by Crippen LogP contribution is -2.42. The molecule has 10 nitrogen and oxygen atoms in total. The molecule has 2 unspecified atom stereocenters. The molecule has 0 aliphatic heterocycles. The Kier molecular flexibility index (Phi) is 9.40. The fraction of sp³-hybridized carbons (Fsp3) is 0.448. The van der Waals surface area contributed by atoms with Crippen LogP contribution in [0.4, 0.5) is 0 Å². The molecule has 0 spiro atoms. The Morgan fingerprint density at radius 1 is 1.10 bits per heavy atom. The van der Waals surface area contributed by atoms with Crippen molar-refractivity contribution in [3.05, 3.63) is 64.7 Å². The maximum absolute atomic E-state index is 13.5. The van der Waals surface area contributed by atoms with E-state index in [0.717, 1.165) is 47.9 Å². The van der Waals surface area contributed by atoms with Gasteiger partial charge in [-0.05, 0) is 66.6 Å². The fourth-order valence-corrected chi connectivity index (χ4v) is 5.07. The average Bonchev–Trinajstić information content (AvgIpc) is 3.46. The number of benzene rings is 2. The van der Waals surface area contributed by atoms with Gasteiger partial charge in [-0.25, -0.2) is 4.99 Å². The van der Waals surface area contributed by atoms with Gasteiger partial charge in [0.2, 0.25) is 17.6 Å². The molecule has 2 atom stereocenters. The number of carbonyl (C=O) groups is 2. The number of nitrogens with one attached hydrogen (secondary N) is 3. The predicted octanol–water partition coefficient (Wildman–Crippen LogP) is 3.67. The first-order valence-corrected chi connectivity index (χ1v) is 13.6. The third kappa shape index (κ3) is 7.95. The Bertz CT molecular complexity index is 1300. The second kappa shape index (κ2) is 13.1. The van der Waals surface area contributed by atoms with Crippen LogP contribution < -0.4 is 16.4 Å². The molecular weight excluding hydrogens is 492 g/mol. The number of hydrogen-bond acceptors (Lipinski definition) is 6. The van der Waals surface area contributed by atoms with Crippen LogP contribution >= 0.6 is 0 Å². The topological polar surface area (TPSA) is 151 Å². The van der Waals surface area contributed by atoms with Crippen molar-refractivity contribution in [2.45, 2.75) is 77.8 Å². The molecule has 1 saturated carbocycles. The van der Waals surface area contributed by atoms with Crippen LogP contribution in [0.3, 0.4) is 0 Å². The monoisotopic (exact) mass is 530 g/mol. The molecule has 1 aliphatic rings. The summed E-state index contributed by atoms with van der Waals surface area (Å²) >= 11 is 0. The van der Waals surface area contributed by atoms with E-state index in [9.17, 15) is 9.59 Å². The van der Waals surface area contributed by atoms with Gasteiger partial charge in [-0.15, -0.1) is 10.2 Å². The van der Waals surface area contributed by atoms with Gasteiger partial charge >= 0.3 is 0 Å². The highest BCUT2D eigenvalue weighted by Gasteiger charge is 2.26. The van der Waals surface area contributed by atoms with Gasteiger partial charge in [-0.3, -0.25) is 14.9 Å². The zero-order valence-corrected chi connectivity index (χ0v) is 22.9. The summed E-state index contributed by atoms with van der Waals surface area (Å²) in [4.78, 5) is 30.6. The number of nitrogens with zero attached hydrogens (tertiary/aromatic N) is 4. The normalized spacial score (nSPS) is 15.9. The van der Waals surface area contributed by atoms with E-state index in [0.29, 0.717) is 18.2 Å². The largest absolute Gasteiger partial charge is 0.370 e. The molecule has 1 fully saturated rings. The van der Waals surface area contributed by atoms with Gasteiger partial charge in [0.15, 0.2) is 5.96 Å². The summed E-state index contributed by atoms with van der Waals surface area (Å²) in [6.07, 6.45) is 6.45. The number of hydrogen-bond donors (Lipinski definition) is 4. The minimum atomic E-state index is -0.696. The number of guanidine groups is 1. The molecule has 206 valence electrons. The van der Waals surface area contributed by atoms with Crippen molar-refractivity contribution < 1.29 is 9.59 Å². The van der Waals surface area contributed by atoms with Gasteiger partial charge in [-0.2, -0.15) is 5.21 Å². The van der Waals surface area contributed by atoms with Crippen LogP contribution in [0.2, 0.25) is 0 Å². The molecule has 1 aliphatic carbocycles. The van der Waals surface area contributed by atoms with Gasteiger partial charge in [0.1, 0.15) is 6.04 Å². The van der Waals surface area contributed by atoms with Crippen molar-refractivity contribution in [1.82, 2.24) is 31.3 Å². The number of H-pyrrole nitrogens is 1. The van der Waals surface area contributed by atoms with Gasteiger partial charge in [0, 0.05) is 5.56 Å². The fourth-order valence-electron chi connectivity index (χ4n) is 5.07. The van der Waals surface area contributed by atoms with Gasteiger partial charge in [0.25, 0.3) is 0 Å². The molecule has 10 heteroatoms. The molecule has 39 heavy (non-hydrogen) atoms. The SMILES string of the molecule is Cc1ccc(CC(=O)NC(N)=NC(CC2CCCCC2)C(=O)NC(C)c2cccc(-c3nn[nH]n3)c2)cc1C. The van der Waals surface area contributed by atoms with E-state index >= 15 is 0 Å². The third-order valence-corrected chi connectivity index (χ3v) is 7.43. The van der Waals surface area contributed by atoms with Crippen molar-refractivity contribution in [3.8, 4) is 11.4 Å². The standard InChI is InChI=1S/C29H38N8O2/c1-18-12-13-22(14-19(18)2)16-26(38)33-29(30)32-25(15-21-8-5-4-6-9-21)28(39)31-20(3)23-10-7-11-24(17-23)27-34-36-37-35-27/h7,10-14,17,20-21,25H,4-6,8-9,15-16H2,1-3H3,(H,31,39)(H3,30,32,33,38)(H,34,35,36,37). The summed E-state index contributed by atoms with van der Waals surface area (Å²) in [5.41, 5.74) is 11.1. The Balaban J connectivity index is 1.44. The zero-order chi connectivity index (χ0) is 27.8. The average molecular weight is 531 g/mol.